The van der Waals surface area contributed by atoms with Crippen molar-refractivity contribution in [3.63, 3.8) is 0 Å². The highest BCUT2D eigenvalue weighted by atomic mass is 32.2. The highest BCUT2D eigenvalue weighted by Gasteiger charge is 2.33. The molecule has 0 bridgehead atoms. The predicted octanol–water partition coefficient (Wildman–Crippen LogP) is 1.26. The summed E-state index contributed by atoms with van der Waals surface area (Å²) in [5.41, 5.74) is 7.15. The van der Waals surface area contributed by atoms with Crippen LogP contribution in [0.2, 0.25) is 0 Å². The monoisotopic (exact) mass is 248 g/mol. The number of benzene rings is 1. The minimum Gasteiger partial charge on any atom is -0.340 e. The molecule has 2 N–H and O–H groups in total. The minimum absolute atomic E-state index is 0.0673. The Hall–Kier alpha value is -1.00. The lowest BCUT2D eigenvalue weighted by atomic mass is 10.1. The molecule has 1 unspecified atom stereocenters. The lowest BCUT2D eigenvalue weighted by Crippen LogP contribution is -2.37. The number of amides is 1. The fourth-order valence-corrected chi connectivity index (χ4v) is 3.79. The highest BCUT2D eigenvalue weighted by Crippen LogP contribution is 2.37. The van der Waals surface area contributed by atoms with Crippen LogP contribution in [0.3, 0.4) is 0 Å². The van der Waals surface area contributed by atoms with Crippen LogP contribution in [0.4, 0.5) is 0 Å². The van der Waals surface area contributed by atoms with E-state index in [1.165, 1.54) is 10.5 Å². The number of hydrogen-bond acceptors (Lipinski definition) is 3. The maximum atomic E-state index is 12.3. The molecule has 1 saturated heterocycles. The van der Waals surface area contributed by atoms with E-state index in [9.17, 15) is 4.79 Å². The summed E-state index contributed by atoms with van der Waals surface area (Å²) < 4.78 is 0. The van der Waals surface area contributed by atoms with Crippen LogP contribution in [0.5, 0.6) is 0 Å². The first-order valence-corrected chi connectivity index (χ1v) is 6.91. The number of hydrogen-bond donors (Lipinski definition) is 1. The molecule has 2 aliphatic rings. The summed E-state index contributed by atoms with van der Waals surface area (Å²) in [5.74, 6) is 0.263. The lowest BCUT2D eigenvalue weighted by molar-refractivity contribution is -0.129. The van der Waals surface area contributed by atoms with Gasteiger partial charge in [0.05, 0.1) is 5.25 Å². The van der Waals surface area contributed by atoms with Gasteiger partial charge in [-0.1, -0.05) is 18.2 Å². The summed E-state index contributed by atoms with van der Waals surface area (Å²) in [7, 11) is 0. The van der Waals surface area contributed by atoms with E-state index >= 15 is 0 Å². The van der Waals surface area contributed by atoms with E-state index in [2.05, 4.69) is 12.1 Å². The molecule has 2 atom stereocenters. The quantitative estimate of drug-likeness (QED) is 0.814. The van der Waals surface area contributed by atoms with Gasteiger partial charge in [0.15, 0.2) is 0 Å². The van der Waals surface area contributed by atoms with Crippen LogP contribution < -0.4 is 5.73 Å². The second-order valence-corrected chi connectivity index (χ2v) is 6.00. The molecular weight excluding hydrogens is 232 g/mol. The van der Waals surface area contributed by atoms with Gasteiger partial charge in [-0.2, -0.15) is 0 Å². The molecule has 1 aromatic rings. The SMILES string of the molecule is N[C@H]1CCN(C(=O)C2Cc3ccccc3S2)C1. The van der Waals surface area contributed by atoms with Crippen LogP contribution in [0.1, 0.15) is 12.0 Å². The zero-order valence-electron chi connectivity index (χ0n) is 9.63. The molecule has 1 aromatic carbocycles. The average Bonchev–Trinajstić information content (AvgIpc) is 2.93. The van der Waals surface area contributed by atoms with Crippen LogP contribution >= 0.6 is 11.8 Å². The van der Waals surface area contributed by atoms with Crippen molar-refractivity contribution >= 4 is 17.7 Å². The Bertz CT molecular complexity index is 424. The van der Waals surface area contributed by atoms with E-state index in [0.29, 0.717) is 0 Å². The van der Waals surface area contributed by atoms with Crippen molar-refractivity contribution in [1.82, 2.24) is 4.90 Å². The van der Waals surface area contributed by atoms with Crippen molar-refractivity contribution in [3.8, 4) is 0 Å². The summed E-state index contributed by atoms with van der Waals surface area (Å²) in [4.78, 5) is 15.5. The third-order valence-corrected chi connectivity index (χ3v) is 4.76. The van der Waals surface area contributed by atoms with Crippen LogP contribution in [0, 0.1) is 0 Å². The number of carbonyl (C=O) groups is 1. The van der Waals surface area contributed by atoms with E-state index < -0.39 is 0 Å². The number of nitrogens with two attached hydrogens (primary N) is 1. The fraction of sp³-hybridized carbons (Fsp3) is 0.462. The van der Waals surface area contributed by atoms with E-state index in [-0.39, 0.29) is 17.2 Å². The highest BCUT2D eigenvalue weighted by molar-refractivity contribution is 8.01. The van der Waals surface area contributed by atoms with Crippen LogP contribution in [-0.4, -0.2) is 35.2 Å². The molecule has 2 aliphatic heterocycles. The van der Waals surface area contributed by atoms with Gasteiger partial charge in [-0.3, -0.25) is 4.79 Å². The molecule has 3 nitrogen and oxygen atoms in total. The smallest absolute Gasteiger partial charge is 0.236 e. The zero-order valence-corrected chi connectivity index (χ0v) is 10.5. The van der Waals surface area contributed by atoms with Gasteiger partial charge in [0.25, 0.3) is 0 Å². The number of carbonyl (C=O) groups excluding carboxylic acids is 1. The molecule has 0 spiro atoms. The predicted molar refractivity (Wildman–Crippen MR) is 69.0 cm³/mol. The Morgan fingerprint density at radius 1 is 1.41 bits per heavy atom. The first-order valence-electron chi connectivity index (χ1n) is 6.03. The Morgan fingerprint density at radius 3 is 2.94 bits per heavy atom. The van der Waals surface area contributed by atoms with Crippen molar-refractivity contribution in [3.05, 3.63) is 29.8 Å². The van der Waals surface area contributed by atoms with Gasteiger partial charge < -0.3 is 10.6 Å². The second kappa shape index (κ2) is 4.35. The van der Waals surface area contributed by atoms with E-state index in [1.807, 2.05) is 17.0 Å². The molecule has 4 heteroatoms. The Morgan fingerprint density at radius 2 is 2.24 bits per heavy atom. The van der Waals surface area contributed by atoms with Crippen LogP contribution in [0.25, 0.3) is 0 Å². The molecule has 1 amide bonds. The number of thioether (sulfide) groups is 1. The normalized spacial score (nSPS) is 27.2. The van der Waals surface area contributed by atoms with Gasteiger partial charge in [0.1, 0.15) is 0 Å². The maximum absolute atomic E-state index is 12.3. The molecule has 2 heterocycles. The molecule has 0 aromatic heterocycles. The molecule has 0 aliphatic carbocycles. The van der Waals surface area contributed by atoms with Crippen LogP contribution in [-0.2, 0) is 11.2 Å². The number of nitrogens with zero attached hydrogens (tertiary/aromatic N) is 1. The summed E-state index contributed by atoms with van der Waals surface area (Å²) >= 11 is 1.70. The molecule has 0 saturated carbocycles. The maximum Gasteiger partial charge on any atom is 0.236 e. The van der Waals surface area contributed by atoms with Crippen molar-refractivity contribution in [1.29, 1.82) is 0 Å². The zero-order chi connectivity index (χ0) is 11.8. The van der Waals surface area contributed by atoms with Gasteiger partial charge in [-0.15, -0.1) is 11.8 Å². The Kier molecular flexibility index (Phi) is 2.84. The van der Waals surface area contributed by atoms with Gasteiger partial charge in [0.2, 0.25) is 5.91 Å². The van der Waals surface area contributed by atoms with Gasteiger partial charge in [-0.05, 0) is 24.5 Å². The number of fused-ring (bicyclic) bond motifs is 1. The van der Waals surface area contributed by atoms with Crippen molar-refractivity contribution < 1.29 is 4.79 Å². The third kappa shape index (κ3) is 2.07. The van der Waals surface area contributed by atoms with E-state index in [4.69, 9.17) is 5.73 Å². The molecule has 3 rings (SSSR count). The van der Waals surface area contributed by atoms with E-state index in [1.54, 1.807) is 11.8 Å². The number of rotatable bonds is 1. The standard InChI is InChI=1S/C13H16N2OS/c14-10-5-6-15(8-10)13(16)12-7-9-3-1-2-4-11(9)17-12/h1-4,10,12H,5-8,14H2/t10-,12?/m0/s1. The topological polar surface area (TPSA) is 46.3 Å². The lowest BCUT2D eigenvalue weighted by Gasteiger charge is -2.19. The first-order chi connectivity index (χ1) is 8.24. The van der Waals surface area contributed by atoms with Crippen molar-refractivity contribution in [2.24, 2.45) is 5.73 Å². The fourth-order valence-electron chi connectivity index (χ4n) is 2.51. The minimum atomic E-state index is 0.0673. The molecule has 17 heavy (non-hydrogen) atoms. The Labute approximate surface area is 105 Å². The second-order valence-electron chi connectivity index (χ2n) is 4.75. The van der Waals surface area contributed by atoms with Crippen LogP contribution in [0.15, 0.2) is 29.2 Å². The molecular formula is C13H16N2OS. The van der Waals surface area contributed by atoms with Crippen molar-refractivity contribution in [2.45, 2.75) is 29.0 Å². The summed E-state index contributed by atoms with van der Waals surface area (Å²) in [6, 6.07) is 8.46. The molecule has 90 valence electrons. The average molecular weight is 248 g/mol. The van der Waals surface area contributed by atoms with Gasteiger partial charge >= 0.3 is 0 Å². The molecule has 0 radical (unpaired) electrons. The largest absolute Gasteiger partial charge is 0.340 e. The van der Waals surface area contributed by atoms with Gasteiger partial charge in [0, 0.05) is 24.0 Å². The van der Waals surface area contributed by atoms with Gasteiger partial charge in [-0.25, -0.2) is 0 Å². The van der Waals surface area contributed by atoms with Crippen molar-refractivity contribution in [2.75, 3.05) is 13.1 Å². The summed E-state index contributed by atoms with van der Waals surface area (Å²) in [5, 5.41) is 0.0673. The van der Waals surface area contributed by atoms with E-state index in [0.717, 1.165) is 25.9 Å². The number of likely N-dealkylation sites (tertiary alicyclic amines) is 1. The summed E-state index contributed by atoms with van der Waals surface area (Å²) in [6.07, 6.45) is 1.81. The third-order valence-electron chi connectivity index (χ3n) is 3.46. The summed E-state index contributed by atoms with van der Waals surface area (Å²) in [6.45, 7) is 1.56. The molecule has 1 fully saturated rings. The first kappa shape index (κ1) is 11.1. The Balaban J connectivity index is 1.70.